The molecule has 0 atom stereocenters. The normalized spacial score (nSPS) is 9.94. The lowest BCUT2D eigenvalue weighted by Gasteiger charge is -2.09. The third-order valence-corrected chi connectivity index (χ3v) is 2.30. The predicted molar refractivity (Wildman–Crippen MR) is 63.5 cm³/mol. The molecule has 0 spiro atoms. The Morgan fingerprint density at radius 2 is 2.24 bits per heavy atom. The van der Waals surface area contributed by atoms with Crippen LogP contribution in [0.1, 0.15) is 30.1 Å². The van der Waals surface area contributed by atoms with Crippen LogP contribution in [-0.2, 0) is 0 Å². The van der Waals surface area contributed by atoms with Gasteiger partial charge in [0.1, 0.15) is 5.69 Å². The second kappa shape index (κ2) is 5.83. The number of hydrogen-bond donors (Lipinski definition) is 2. The van der Waals surface area contributed by atoms with Gasteiger partial charge in [0.25, 0.3) is 5.69 Å². The number of hydrogen-bond acceptors (Lipinski definition) is 4. The first-order valence-electron chi connectivity index (χ1n) is 5.32. The molecule has 0 bridgehead atoms. The summed E-state index contributed by atoms with van der Waals surface area (Å²) in [5.41, 5.74) is -0.199. The minimum absolute atomic E-state index is 0.0738. The van der Waals surface area contributed by atoms with Gasteiger partial charge < -0.3 is 10.4 Å². The first-order valence-corrected chi connectivity index (χ1v) is 5.32. The van der Waals surface area contributed by atoms with E-state index in [4.69, 9.17) is 5.11 Å². The van der Waals surface area contributed by atoms with Crippen molar-refractivity contribution >= 4 is 17.3 Å². The van der Waals surface area contributed by atoms with E-state index in [0.29, 0.717) is 6.54 Å². The van der Waals surface area contributed by atoms with E-state index in [1.54, 1.807) is 0 Å². The molecule has 0 fully saturated rings. The molecule has 0 aliphatic rings. The molecule has 92 valence electrons. The number of nitrogens with one attached hydrogen (secondary N) is 1. The van der Waals surface area contributed by atoms with Crippen LogP contribution in [0.3, 0.4) is 0 Å². The van der Waals surface area contributed by atoms with Crippen molar-refractivity contribution < 1.29 is 14.8 Å². The highest BCUT2D eigenvalue weighted by atomic mass is 16.6. The third-order valence-electron chi connectivity index (χ3n) is 2.30. The molecular formula is C11H14N2O4. The van der Waals surface area contributed by atoms with Crippen LogP contribution in [0.4, 0.5) is 11.4 Å². The minimum Gasteiger partial charge on any atom is -0.478 e. The zero-order valence-corrected chi connectivity index (χ0v) is 9.47. The molecule has 0 unspecified atom stereocenters. The maximum absolute atomic E-state index is 11.0. The van der Waals surface area contributed by atoms with Gasteiger partial charge in [0.05, 0.1) is 10.5 Å². The van der Waals surface area contributed by atoms with Gasteiger partial charge in [-0.25, -0.2) is 4.79 Å². The van der Waals surface area contributed by atoms with Crippen molar-refractivity contribution in [1.29, 1.82) is 0 Å². The number of aromatic carboxylic acids is 1. The fourth-order valence-electron chi connectivity index (χ4n) is 1.45. The van der Waals surface area contributed by atoms with E-state index in [1.807, 2.05) is 6.92 Å². The van der Waals surface area contributed by atoms with Crippen molar-refractivity contribution in [1.82, 2.24) is 0 Å². The fraction of sp³-hybridized carbons (Fsp3) is 0.364. The molecule has 1 rings (SSSR count). The van der Waals surface area contributed by atoms with E-state index in [1.165, 1.54) is 18.2 Å². The molecule has 0 aliphatic heterocycles. The molecule has 0 saturated carbocycles. The molecule has 17 heavy (non-hydrogen) atoms. The van der Waals surface area contributed by atoms with Crippen molar-refractivity contribution in [3.63, 3.8) is 0 Å². The summed E-state index contributed by atoms with van der Waals surface area (Å²) in [4.78, 5) is 21.2. The highest BCUT2D eigenvalue weighted by Crippen LogP contribution is 2.28. The van der Waals surface area contributed by atoms with E-state index in [0.717, 1.165) is 12.8 Å². The summed E-state index contributed by atoms with van der Waals surface area (Å²) >= 11 is 0. The van der Waals surface area contributed by atoms with Crippen LogP contribution in [0.15, 0.2) is 18.2 Å². The van der Waals surface area contributed by atoms with Crippen LogP contribution in [0.25, 0.3) is 0 Å². The summed E-state index contributed by atoms with van der Waals surface area (Å²) in [5.74, 6) is -1.17. The predicted octanol–water partition coefficient (Wildman–Crippen LogP) is 2.50. The first kappa shape index (κ1) is 13.0. The number of carboxylic acids is 1. The first-order chi connectivity index (χ1) is 8.07. The van der Waals surface area contributed by atoms with Gasteiger partial charge in [-0.2, -0.15) is 0 Å². The van der Waals surface area contributed by atoms with E-state index in [-0.39, 0.29) is 16.9 Å². The molecule has 0 amide bonds. The van der Waals surface area contributed by atoms with Crippen LogP contribution in [0.2, 0.25) is 0 Å². The highest BCUT2D eigenvalue weighted by molar-refractivity contribution is 5.96. The number of rotatable bonds is 6. The summed E-state index contributed by atoms with van der Waals surface area (Å²) in [7, 11) is 0. The average molecular weight is 238 g/mol. The molecular weight excluding hydrogens is 224 g/mol. The topological polar surface area (TPSA) is 92.5 Å². The lowest BCUT2D eigenvalue weighted by atomic mass is 10.1. The van der Waals surface area contributed by atoms with Gasteiger partial charge in [0, 0.05) is 12.6 Å². The number of para-hydroxylation sites is 1. The Balaban J connectivity index is 3.10. The highest BCUT2D eigenvalue weighted by Gasteiger charge is 2.20. The third kappa shape index (κ3) is 3.17. The summed E-state index contributed by atoms with van der Waals surface area (Å²) in [6.07, 6.45) is 1.75. The van der Waals surface area contributed by atoms with Crippen molar-refractivity contribution in [3.8, 4) is 0 Å². The summed E-state index contributed by atoms with van der Waals surface area (Å²) < 4.78 is 0. The largest absolute Gasteiger partial charge is 0.478 e. The van der Waals surface area contributed by atoms with E-state index < -0.39 is 10.9 Å². The zero-order chi connectivity index (χ0) is 12.8. The molecule has 0 radical (unpaired) electrons. The van der Waals surface area contributed by atoms with E-state index in [9.17, 15) is 14.9 Å². The molecule has 6 nitrogen and oxygen atoms in total. The Morgan fingerprint density at radius 3 is 2.76 bits per heavy atom. The molecule has 1 aromatic rings. The lowest BCUT2D eigenvalue weighted by molar-refractivity contribution is -0.384. The Kier molecular flexibility index (Phi) is 4.45. The fourth-order valence-corrected chi connectivity index (χ4v) is 1.45. The van der Waals surface area contributed by atoms with Gasteiger partial charge >= 0.3 is 5.97 Å². The second-order valence-electron chi connectivity index (χ2n) is 3.54. The quantitative estimate of drug-likeness (QED) is 0.451. The van der Waals surface area contributed by atoms with Crippen LogP contribution in [-0.4, -0.2) is 22.5 Å². The smallest absolute Gasteiger partial charge is 0.338 e. The van der Waals surface area contributed by atoms with Crippen LogP contribution < -0.4 is 5.32 Å². The Hall–Kier alpha value is -2.11. The van der Waals surface area contributed by atoms with Gasteiger partial charge in [-0.05, 0) is 12.5 Å². The maximum atomic E-state index is 11.0. The minimum atomic E-state index is -1.17. The number of anilines is 1. The average Bonchev–Trinajstić information content (AvgIpc) is 2.28. The Bertz CT molecular complexity index is 399. The second-order valence-corrected chi connectivity index (χ2v) is 3.54. The van der Waals surface area contributed by atoms with Crippen molar-refractivity contribution in [2.45, 2.75) is 19.8 Å². The number of carboxylic acid groups (broad SMARTS) is 1. The summed E-state index contributed by atoms with van der Waals surface area (Å²) in [5, 5.41) is 22.6. The van der Waals surface area contributed by atoms with Gasteiger partial charge in [-0.3, -0.25) is 10.1 Å². The van der Waals surface area contributed by atoms with Crippen LogP contribution in [0, 0.1) is 10.1 Å². The number of nitro benzene ring substituents is 1. The van der Waals surface area contributed by atoms with Gasteiger partial charge in [-0.15, -0.1) is 0 Å². The molecule has 0 heterocycles. The van der Waals surface area contributed by atoms with Gasteiger partial charge in [0.2, 0.25) is 0 Å². The SMILES string of the molecule is CCCCNc1c(C(=O)O)cccc1[N+](=O)[O-]. The lowest BCUT2D eigenvalue weighted by Crippen LogP contribution is -2.09. The Morgan fingerprint density at radius 1 is 1.53 bits per heavy atom. The van der Waals surface area contributed by atoms with E-state index in [2.05, 4.69) is 5.32 Å². The number of nitro groups is 1. The zero-order valence-electron chi connectivity index (χ0n) is 9.47. The number of benzene rings is 1. The number of nitrogens with zero attached hydrogens (tertiary/aromatic N) is 1. The van der Waals surface area contributed by atoms with E-state index >= 15 is 0 Å². The van der Waals surface area contributed by atoms with Gasteiger partial charge in [0.15, 0.2) is 0 Å². The number of carbonyl (C=O) groups is 1. The van der Waals surface area contributed by atoms with Crippen molar-refractivity contribution in [2.75, 3.05) is 11.9 Å². The molecule has 6 heteroatoms. The molecule has 0 aromatic heterocycles. The van der Waals surface area contributed by atoms with Crippen LogP contribution >= 0.6 is 0 Å². The molecule has 0 saturated heterocycles. The monoisotopic (exact) mass is 238 g/mol. The van der Waals surface area contributed by atoms with Crippen LogP contribution in [0.5, 0.6) is 0 Å². The van der Waals surface area contributed by atoms with Crippen molar-refractivity contribution in [3.05, 3.63) is 33.9 Å². The van der Waals surface area contributed by atoms with Gasteiger partial charge in [-0.1, -0.05) is 19.4 Å². The Labute approximate surface area is 98.4 Å². The molecule has 1 aromatic carbocycles. The maximum Gasteiger partial charge on any atom is 0.338 e. The molecule has 2 N–H and O–H groups in total. The standard InChI is InChI=1S/C11H14N2O4/c1-2-3-7-12-10-8(11(14)15)5-4-6-9(10)13(16)17/h4-6,12H,2-3,7H2,1H3,(H,14,15). The summed E-state index contributed by atoms with van der Waals surface area (Å²) in [6.45, 7) is 2.50. The summed E-state index contributed by atoms with van der Waals surface area (Å²) in [6, 6.07) is 4.01. The molecule has 0 aliphatic carbocycles. The van der Waals surface area contributed by atoms with Crippen molar-refractivity contribution in [2.24, 2.45) is 0 Å². The number of unbranched alkanes of at least 4 members (excludes halogenated alkanes) is 1.